The molecule has 1 rings (SSSR count). The van der Waals surface area contributed by atoms with E-state index in [9.17, 15) is 9.90 Å². The molecule has 0 aromatic heterocycles. The maximum absolute atomic E-state index is 11.2. The average molecular weight is 269 g/mol. The molecule has 0 spiro atoms. The molecule has 0 saturated heterocycles. The number of hydrogen-bond acceptors (Lipinski definition) is 5. The van der Waals surface area contributed by atoms with E-state index in [1.807, 2.05) is 6.07 Å². The lowest BCUT2D eigenvalue weighted by atomic mass is 10.2. The molecular weight excluding hydrogens is 256 g/mol. The summed E-state index contributed by atoms with van der Waals surface area (Å²) in [6, 6.07) is 6.69. The quantitative estimate of drug-likeness (QED) is 0.792. The van der Waals surface area contributed by atoms with Crippen LogP contribution in [0.4, 0.5) is 5.69 Å². The summed E-state index contributed by atoms with van der Waals surface area (Å²) in [6.07, 6.45) is -1.24. The predicted octanol–water partition coefficient (Wildman–Crippen LogP) is 1.55. The number of nitrogens with one attached hydrogen (secondary N) is 1. The smallest absolute Gasteiger partial charge is 0.336 e. The second-order valence-corrected chi connectivity index (χ2v) is 3.86. The summed E-state index contributed by atoms with van der Waals surface area (Å²) in [5, 5.41) is 21.3. The van der Waals surface area contributed by atoms with Crippen LogP contribution in [0.1, 0.15) is 12.5 Å². The number of rotatable bonds is 5. The first kappa shape index (κ1) is 14.3. The van der Waals surface area contributed by atoms with Crippen molar-refractivity contribution in [2.75, 3.05) is 18.5 Å². The number of anilines is 1. The molecule has 0 amide bonds. The second-order valence-electron chi connectivity index (χ2n) is 3.46. The summed E-state index contributed by atoms with van der Waals surface area (Å²) in [4.78, 5) is 11.2. The van der Waals surface area contributed by atoms with E-state index in [1.165, 1.54) is 0 Å². The standard InChI is InChI=1S/C12H13ClN2O3/c1-2-18-12(17)11(16)7-15-9-4-3-8(6-14)10(13)5-9/h3-5,11,15-16H,2,7H2,1H3/t11-/m0/s1. The molecule has 18 heavy (non-hydrogen) atoms. The summed E-state index contributed by atoms with van der Waals surface area (Å²) >= 11 is 5.84. The van der Waals surface area contributed by atoms with Crippen molar-refractivity contribution in [2.24, 2.45) is 0 Å². The minimum absolute atomic E-state index is 0.0149. The number of aliphatic hydroxyl groups is 1. The number of carbonyl (C=O) groups is 1. The van der Waals surface area contributed by atoms with Crippen molar-refractivity contribution in [3.63, 3.8) is 0 Å². The molecule has 0 radical (unpaired) electrons. The molecule has 0 heterocycles. The Kier molecular flexibility index (Phi) is 5.43. The molecule has 96 valence electrons. The van der Waals surface area contributed by atoms with Crippen LogP contribution in [0.25, 0.3) is 0 Å². The van der Waals surface area contributed by atoms with Gasteiger partial charge in [-0.3, -0.25) is 0 Å². The molecule has 0 unspecified atom stereocenters. The van der Waals surface area contributed by atoms with Crippen LogP contribution in [0.5, 0.6) is 0 Å². The topological polar surface area (TPSA) is 82.3 Å². The predicted molar refractivity (Wildman–Crippen MR) is 67.3 cm³/mol. The first-order valence-electron chi connectivity index (χ1n) is 5.36. The molecule has 0 aliphatic carbocycles. The lowest BCUT2D eigenvalue weighted by Crippen LogP contribution is -2.30. The van der Waals surface area contributed by atoms with Crippen LogP contribution in [0, 0.1) is 11.3 Å². The Hall–Kier alpha value is -1.77. The fraction of sp³-hybridized carbons (Fsp3) is 0.333. The second kappa shape index (κ2) is 6.84. The number of nitriles is 1. The van der Waals surface area contributed by atoms with Gasteiger partial charge in [0.2, 0.25) is 0 Å². The third-order valence-electron chi connectivity index (χ3n) is 2.15. The van der Waals surface area contributed by atoms with E-state index in [2.05, 4.69) is 10.1 Å². The van der Waals surface area contributed by atoms with Crippen molar-refractivity contribution in [2.45, 2.75) is 13.0 Å². The number of hydrogen-bond donors (Lipinski definition) is 2. The Morgan fingerprint density at radius 2 is 2.39 bits per heavy atom. The summed E-state index contributed by atoms with van der Waals surface area (Å²) < 4.78 is 4.65. The Bertz CT molecular complexity index is 471. The first-order valence-corrected chi connectivity index (χ1v) is 5.74. The van der Waals surface area contributed by atoms with Crippen molar-refractivity contribution in [1.82, 2.24) is 0 Å². The maximum atomic E-state index is 11.2. The van der Waals surface area contributed by atoms with Crippen molar-refractivity contribution in [1.29, 1.82) is 5.26 Å². The van der Waals surface area contributed by atoms with E-state index in [1.54, 1.807) is 25.1 Å². The van der Waals surface area contributed by atoms with E-state index in [-0.39, 0.29) is 13.2 Å². The summed E-state index contributed by atoms with van der Waals surface area (Å²) in [5.74, 6) is -0.676. The van der Waals surface area contributed by atoms with Gasteiger partial charge >= 0.3 is 5.97 Å². The van der Waals surface area contributed by atoms with Gasteiger partial charge in [-0.05, 0) is 25.1 Å². The monoisotopic (exact) mass is 268 g/mol. The molecule has 0 bridgehead atoms. The molecule has 2 N–H and O–H groups in total. The number of benzene rings is 1. The van der Waals surface area contributed by atoms with Crippen molar-refractivity contribution in [3.8, 4) is 6.07 Å². The first-order chi connectivity index (χ1) is 8.58. The van der Waals surface area contributed by atoms with Crippen LogP contribution < -0.4 is 5.32 Å². The largest absolute Gasteiger partial charge is 0.464 e. The third-order valence-corrected chi connectivity index (χ3v) is 2.46. The van der Waals surface area contributed by atoms with Gasteiger partial charge in [0, 0.05) is 5.69 Å². The SMILES string of the molecule is CCOC(=O)[C@@H](O)CNc1ccc(C#N)c(Cl)c1. The van der Waals surface area contributed by atoms with Gasteiger partial charge in [0.05, 0.1) is 23.7 Å². The van der Waals surface area contributed by atoms with Gasteiger partial charge in [0.25, 0.3) is 0 Å². The molecule has 1 aromatic rings. The highest BCUT2D eigenvalue weighted by molar-refractivity contribution is 6.32. The van der Waals surface area contributed by atoms with Crippen LogP contribution >= 0.6 is 11.6 Å². The zero-order valence-electron chi connectivity index (χ0n) is 9.81. The average Bonchev–Trinajstić information content (AvgIpc) is 2.36. The van der Waals surface area contributed by atoms with E-state index < -0.39 is 12.1 Å². The van der Waals surface area contributed by atoms with Gasteiger partial charge < -0.3 is 15.2 Å². The molecule has 0 fully saturated rings. The van der Waals surface area contributed by atoms with Crippen molar-refractivity contribution < 1.29 is 14.6 Å². The molecule has 0 aliphatic heterocycles. The summed E-state index contributed by atoms with van der Waals surface area (Å²) in [6.45, 7) is 1.90. The number of aliphatic hydroxyl groups excluding tert-OH is 1. The van der Waals surface area contributed by atoms with Crippen LogP contribution in [0.2, 0.25) is 5.02 Å². The Morgan fingerprint density at radius 3 is 2.94 bits per heavy atom. The zero-order chi connectivity index (χ0) is 13.5. The van der Waals surface area contributed by atoms with E-state index >= 15 is 0 Å². The fourth-order valence-electron chi connectivity index (χ4n) is 1.25. The van der Waals surface area contributed by atoms with Crippen molar-refractivity contribution in [3.05, 3.63) is 28.8 Å². The van der Waals surface area contributed by atoms with Crippen LogP contribution in [0.15, 0.2) is 18.2 Å². The van der Waals surface area contributed by atoms with Crippen LogP contribution in [-0.4, -0.2) is 30.3 Å². The van der Waals surface area contributed by atoms with Crippen LogP contribution in [-0.2, 0) is 9.53 Å². The van der Waals surface area contributed by atoms with Gasteiger partial charge in [-0.15, -0.1) is 0 Å². The molecule has 5 nitrogen and oxygen atoms in total. The lowest BCUT2D eigenvalue weighted by Gasteiger charge is -2.12. The van der Waals surface area contributed by atoms with Crippen molar-refractivity contribution >= 4 is 23.3 Å². The van der Waals surface area contributed by atoms with Gasteiger partial charge in [0.15, 0.2) is 6.10 Å². The normalized spacial score (nSPS) is 11.4. The summed E-state index contributed by atoms with van der Waals surface area (Å²) in [5.41, 5.74) is 0.982. The lowest BCUT2D eigenvalue weighted by molar-refractivity contribution is -0.152. The number of carbonyl (C=O) groups excluding carboxylic acids is 1. The third kappa shape index (κ3) is 3.91. The Morgan fingerprint density at radius 1 is 1.67 bits per heavy atom. The number of halogens is 1. The van der Waals surface area contributed by atoms with Gasteiger partial charge in [-0.2, -0.15) is 5.26 Å². The minimum atomic E-state index is -1.24. The zero-order valence-corrected chi connectivity index (χ0v) is 10.6. The molecule has 1 aromatic carbocycles. The molecule has 1 atom stereocenters. The molecule has 0 aliphatic rings. The highest BCUT2D eigenvalue weighted by Gasteiger charge is 2.15. The molecule has 6 heteroatoms. The summed E-state index contributed by atoms with van der Waals surface area (Å²) in [7, 11) is 0. The fourth-order valence-corrected chi connectivity index (χ4v) is 1.47. The number of nitrogens with zero attached hydrogens (tertiary/aromatic N) is 1. The van der Waals surface area contributed by atoms with Crippen LogP contribution in [0.3, 0.4) is 0 Å². The molecular formula is C12H13ClN2O3. The van der Waals surface area contributed by atoms with E-state index in [4.69, 9.17) is 16.9 Å². The number of esters is 1. The molecule has 0 saturated carbocycles. The Balaban J connectivity index is 2.56. The van der Waals surface area contributed by atoms with Gasteiger partial charge in [0.1, 0.15) is 6.07 Å². The van der Waals surface area contributed by atoms with E-state index in [0.717, 1.165) is 0 Å². The number of ether oxygens (including phenoxy) is 1. The van der Waals surface area contributed by atoms with Gasteiger partial charge in [-0.1, -0.05) is 11.6 Å². The minimum Gasteiger partial charge on any atom is -0.464 e. The van der Waals surface area contributed by atoms with E-state index in [0.29, 0.717) is 16.3 Å². The highest BCUT2D eigenvalue weighted by atomic mass is 35.5. The van der Waals surface area contributed by atoms with Gasteiger partial charge in [-0.25, -0.2) is 4.79 Å². The Labute approximate surface area is 110 Å². The highest BCUT2D eigenvalue weighted by Crippen LogP contribution is 2.20. The maximum Gasteiger partial charge on any atom is 0.336 e.